The van der Waals surface area contributed by atoms with E-state index in [2.05, 4.69) is 15.4 Å². The lowest BCUT2D eigenvalue weighted by molar-refractivity contribution is -0.122. The van der Waals surface area contributed by atoms with Crippen LogP contribution in [0.1, 0.15) is 24.5 Å². The van der Waals surface area contributed by atoms with Crippen LogP contribution in [-0.4, -0.2) is 30.3 Å². The highest BCUT2D eigenvalue weighted by Gasteiger charge is 2.20. The number of aromatic hydroxyl groups is 1. The van der Waals surface area contributed by atoms with Crippen molar-refractivity contribution in [1.29, 1.82) is 0 Å². The monoisotopic (exact) mass is 464 g/mol. The first kappa shape index (κ1) is 24.4. The molecule has 8 heteroatoms. The largest absolute Gasteiger partial charge is 0.506 e. The number of carbonyl (C=O) groups is 2. The summed E-state index contributed by atoms with van der Waals surface area (Å²) in [6.07, 6.45) is -0.846. The summed E-state index contributed by atoms with van der Waals surface area (Å²) in [4.78, 5) is 24.3. The lowest BCUT2D eigenvalue weighted by Gasteiger charge is -2.18. The summed E-state index contributed by atoms with van der Waals surface area (Å²) in [6.45, 7) is 5.54. The molecule has 0 saturated carbocycles. The average molecular weight is 465 g/mol. The van der Waals surface area contributed by atoms with Crippen molar-refractivity contribution in [2.75, 3.05) is 17.7 Å². The van der Waals surface area contributed by atoms with Crippen LogP contribution in [0.4, 0.5) is 16.2 Å². The van der Waals surface area contributed by atoms with Crippen LogP contribution >= 0.6 is 0 Å². The molecular weight excluding hydrogens is 436 g/mol. The number of hydrogen-bond acceptors (Lipinski definition) is 6. The highest BCUT2D eigenvalue weighted by molar-refractivity contribution is 5.95. The van der Waals surface area contributed by atoms with Gasteiger partial charge in [0, 0.05) is 11.8 Å². The van der Waals surface area contributed by atoms with Gasteiger partial charge < -0.3 is 24.6 Å². The van der Waals surface area contributed by atoms with Crippen LogP contribution in [0.25, 0.3) is 0 Å². The van der Waals surface area contributed by atoms with Gasteiger partial charge in [-0.1, -0.05) is 25.1 Å². The highest BCUT2D eigenvalue weighted by Crippen LogP contribution is 2.35. The minimum atomic E-state index is -0.731. The molecule has 0 aliphatic heterocycles. The number of hydrogen-bond donors (Lipinski definition) is 3. The minimum absolute atomic E-state index is 0.0960. The Morgan fingerprint density at radius 2 is 1.62 bits per heavy atom. The Kier molecular flexibility index (Phi) is 7.97. The number of carbonyl (C=O) groups excluding carboxylic acids is 2. The molecule has 0 radical (unpaired) electrons. The fourth-order valence-electron chi connectivity index (χ4n) is 3.35. The first-order chi connectivity index (χ1) is 16.3. The number of phenolic OH excluding ortho intramolecular Hbond substituents is 1. The molecule has 0 aromatic heterocycles. The Balaban J connectivity index is 1.76. The molecule has 8 nitrogen and oxygen atoms in total. The van der Waals surface area contributed by atoms with E-state index < -0.39 is 12.2 Å². The number of amides is 2. The van der Waals surface area contributed by atoms with E-state index in [9.17, 15) is 14.7 Å². The maximum absolute atomic E-state index is 12.8. The Morgan fingerprint density at radius 1 is 0.941 bits per heavy atom. The number of methoxy groups -OCH3 is 1. The van der Waals surface area contributed by atoms with Crippen molar-refractivity contribution in [3.05, 3.63) is 71.8 Å². The lowest BCUT2D eigenvalue weighted by Crippen LogP contribution is -2.32. The number of rotatable bonds is 8. The summed E-state index contributed by atoms with van der Waals surface area (Å²) in [7, 11) is 1.30. The van der Waals surface area contributed by atoms with Gasteiger partial charge in [0.25, 0.3) is 5.91 Å². The van der Waals surface area contributed by atoms with E-state index in [-0.39, 0.29) is 17.3 Å². The van der Waals surface area contributed by atoms with Crippen molar-refractivity contribution >= 4 is 23.4 Å². The predicted octanol–water partition coefficient (Wildman–Crippen LogP) is 5.78. The number of aryl methyl sites for hydroxylation is 2. The van der Waals surface area contributed by atoms with Crippen LogP contribution in [0.2, 0.25) is 0 Å². The first-order valence-electron chi connectivity index (χ1n) is 10.8. The van der Waals surface area contributed by atoms with Crippen LogP contribution in [0, 0.1) is 13.8 Å². The van der Waals surface area contributed by atoms with Gasteiger partial charge in [0.2, 0.25) is 0 Å². The molecule has 3 aromatic rings. The molecule has 0 spiro atoms. The van der Waals surface area contributed by atoms with E-state index >= 15 is 0 Å². The molecule has 3 rings (SSSR count). The van der Waals surface area contributed by atoms with Crippen LogP contribution in [-0.2, 0) is 9.53 Å². The van der Waals surface area contributed by atoms with Crippen LogP contribution < -0.4 is 20.1 Å². The van der Waals surface area contributed by atoms with E-state index in [1.807, 2.05) is 39.0 Å². The molecule has 34 heavy (non-hydrogen) atoms. The Morgan fingerprint density at radius 3 is 2.24 bits per heavy atom. The van der Waals surface area contributed by atoms with E-state index in [0.29, 0.717) is 29.4 Å². The molecular formula is C26H28N2O6. The normalized spacial score (nSPS) is 11.3. The number of para-hydroxylation sites is 1. The molecule has 0 aliphatic rings. The molecule has 1 unspecified atom stereocenters. The summed E-state index contributed by atoms with van der Waals surface area (Å²) < 4.78 is 16.5. The van der Waals surface area contributed by atoms with E-state index in [1.165, 1.54) is 13.2 Å². The molecule has 0 saturated heterocycles. The van der Waals surface area contributed by atoms with Gasteiger partial charge in [0.1, 0.15) is 23.0 Å². The molecule has 3 N–H and O–H groups in total. The van der Waals surface area contributed by atoms with Crippen molar-refractivity contribution in [3.63, 3.8) is 0 Å². The van der Waals surface area contributed by atoms with Crippen molar-refractivity contribution in [3.8, 4) is 23.0 Å². The van der Waals surface area contributed by atoms with Crippen LogP contribution in [0.5, 0.6) is 23.0 Å². The first-order valence-corrected chi connectivity index (χ1v) is 10.8. The Bertz CT molecular complexity index is 1140. The fourth-order valence-corrected chi connectivity index (χ4v) is 3.35. The van der Waals surface area contributed by atoms with Crippen molar-refractivity contribution in [1.82, 2.24) is 0 Å². The van der Waals surface area contributed by atoms with Gasteiger partial charge in [-0.2, -0.15) is 0 Å². The maximum atomic E-state index is 12.8. The Labute approximate surface area is 198 Å². The Hall–Kier alpha value is -4.20. The number of ether oxygens (including phenoxy) is 3. The SMILES string of the molecule is CCC(Oc1ccccc1)C(=O)Nc1cc(Oc2c(C)cc(NC(=O)OC)cc2C)ccc1O. The molecule has 0 aliphatic carbocycles. The fraction of sp³-hybridized carbons (Fsp3) is 0.231. The van der Waals surface area contributed by atoms with E-state index in [4.69, 9.17) is 9.47 Å². The maximum Gasteiger partial charge on any atom is 0.411 e. The van der Waals surface area contributed by atoms with Gasteiger partial charge in [-0.3, -0.25) is 10.1 Å². The van der Waals surface area contributed by atoms with Crippen molar-refractivity contribution in [2.45, 2.75) is 33.3 Å². The van der Waals surface area contributed by atoms with Gasteiger partial charge in [0.15, 0.2) is 6.10 Å². The minimum Gasteiger partial charge on any atom is -0.506 e. The third-order valence-electron chi connectivity index (χ3n) is 5.02. The van der Waals surface area contributed by atoms with Crippen LogP contribution in [0.15, 0.2) is 60.7 Å². The molecule has 1 atom stereocenters. The zero-order valence-electron chi connectivity index (χ0n) is 19.5. The molecule has 3 aromatic carbocycles. The second-order valence-electron chi connectivity index (χ2n) is 7.65. The zero-order chi connectivity index (χ0) is 24.7. The third-order valence-corrected chi connectivity index (χ3v) is 5.02. The zero-order valence-corrected chi connectivity index (χ0v) is 19.5. The quantitative estimate of drug-likeness (QED) is 0.365. The standard InChI is InChI=1S/C26H28N2O6/c1-5-23(33-19-9-7-6-8-10-19)25(30)28-21-15-20(11-12-22(21)29)34-24-16(2)13-18(14-17(24)3)27-26(31)32-4/h6-15,23,29H,5H2,1-4H3,(H,27,31)(H,28,30). The molecule has 0 fully saturated rings. The summed E-state index contributed by atoms with van der Waals surface area (Å²) in [5, 5.41) is 15.6. The molecule has 178 valence electrons. The topological polar surface area (TPSA) is 106 Å². The molecule has 0 heterocycles. The number of nitrogens with one attached hydrogen (secondary N) is 2. The highest BCUT2D eigenvalue weighted by atomic mass is 16.5. The summed E-state index contributed by atoms with van der Waals surface area (Å²) in [6, 6.07) is 17.2. The number of anilines is 2. The van der Waals surface area contributed by atoms with E-state index in [0.717, 1.165) is 11.1 Å². The summed E-state index contributed by atoms with van der Waals surface area (Å²) in [5.74, 6) is 1.12. The lowest BCUT2D eigenvalue weighted by atomic mass is 10.1. The van der Waals surface area contributed by atoms with Gasteiger partial charge in [0.05, 0.1) is 12.8 Å². The van der Waals surface area contributed by atoms with Crippen LogP contribution in [0.3, 0.4) is 0 Å². The number of phenols is 1. The second-order valence-corrected chi connectivity index (χ2v) is 7.65. The van der Waals surface area contributed by atoms with Crippen molar-refractivity contribution in [2.24, 2.45) is 0 Å². The summed E-state index contributed by atoms with van der Waals surface area (Å²) in [5.41, 5.74) is 2.36. The number of benzene rings is 3. The summed E-state index contributed by atoms with van der Waals surface area (Å²) >= 11 is 0. The molecule has 2 amide bonds. The van der Waals surface area contributed by atoms with Gasteiger partial charge in [-0.25, -0.2) is 4.79 Å². The molecule has 0 bridgehead atoms. The predicted molar refractivity (Wildman–Crippen MR) is 130 cm³/mol. The van der Waals surface area contributed by atoms with Gasteiger partial charge in [-0.05, 0) is 67.8 Å². The average Bonchev–Trinajstić information content (AvgIpc) is 2.82. The second kappa shape index (κ2) is 11.1. The van der Waals surface area contributed by atoms with Gasteiger partial charge >= 0.3 is 6.09 Å². The third kappa shape index (κ3) is 6.19. The smallest absolute Gasteiger partial charge is 0.411 e. The van der Waals surface area contributed by atoms with Crippen molar-refractivity contribution < 1.29 is 28.9 Å². The van der Waals surface area contributed by atoms with E-state index in [1.54, 1.807) is 36.4 Å². The van der Waals surface area contributed by atoms with Gasteiger partial charge in [-0.15, -0.1) is 0 Å².